The van der Waals surface area contributed by atoms with Crippen molar-refractivity contribution in [3.63, 3.8) is 0 Å². The number of allylic oxidation sites excluding steroid dienone is 1. The van der Waals surface area contributed by atoms with Crippen LogP contribution in [0, 0.1) is 0 Å². The van der Waals surface area contributed by atoms with Gasteiger partial charge in [0.15, 0.2) is 0 Å². The average molecular weight is 314 g/mol. The summed E-state index contributed by atoms with van der Waals surface area (Å²) in [5.74, 6) is 0.227. The monoisotopic (exact) mass is 313 g/mol. The third-order valence-corrected chi connectivity index (χ3v) is 3.72. The first-order valence-corrected chi connectivity index (χ1v) is 7.17. The summed E-state index contributed by atoms with van der Waals surface area (Å²) in [6.07, 6.45) is -1.58. The molecule has 1 aromatic rings. The van der Waals surface area contributed by atoms with Crippen LogP contribution in [0.25, 0.3) is 0 Å². The lowest BCUT2D eigenvalue weighted by Gasteiger charge is -2.09. The van der Waals surface area contributed by atoms with Gasteiger partial charge < -0.3 is 0 Å². The third-order valence-electron chi connectivity index (χ3n) is 2.12. The summed E-state index contributed by atoms with van der Waals surface area (Å²) in [6.45, 7) is -0.0364. The number of sulfonamides is 1. The molecule has 0 aliphatic heterocycles. The van der Waals surface area contributed by atoms with Crippen LogP contribution in [-0.2, 0) is 16.2 Å². The molecule has 0 aliphatic carbocycles. The van der Waals surface area contributed by atoms with Crippen molar-refractivity contribution in [3.05, 3.63) is 42.0 Å². The van der Waals surface area contributed by atoms with Crippen LogP contribution in [0.4, 0.5) is 13.2 Å². The molecule has 0 aliphatic rings. The summed E-state index contributed by atoms with van der Waals surface area (Å²) in [5.41, 5.74) is -1.01. The first-order chi connectivity index (χ1) is 8.77. The van der Waals surface area contributed by atoms with E-state index in [9.17, 15) is 21.6 Å². The molecule has 8 heteroatoms. The van der Waals surface area contributed by atoms with E-state index >= 15 is 0 Å². The van der Waals surface area contributed by atoms with Gasteiger partial charge in [-0.15, -0.1) is 11.6 Å². The average Bonchev–Trinajstić information content (AvgIpc) is 2.34. The zero-order chi connectivity index (χ0) is 14.5. The Morgan fingerprint density at radius 3 is 2.53 bits per heavy atom. The highest BCUT2D eigenvalue weighted by Gasteiger charge is 2.31. The number of nitrogens with one attached hydrogen (secondary N) is 1. The molecule has 1 rings (SSSR count). The number of hydrogen-bond acceptors (Lipinski definition) is 2. The Morgan fingerprint density at radius 1 is 1.26 bits per heavy atom. The summed E-state index contributed by atoms with van der Waals surface area (Å²) in [4.78, 5) is -0.429. The molecule has 0 spiro atoms. The highest BCUT2D eigenvalue weighted by molar-refractivity contribution is 7.89. The van der Waals surface area contributed by atoms with Crippen molar-refractivity contribution in [2.24, 2.45) is 0 Å². The predicted molar refractivity (Wildman–Crippen MR) is 66.5 cm³/mol. The molecule has 3 nitrogen and oxygen atoms in total. The van der Waals surface area contributed by atoms with E-state index in [0.717, 1.165) is 18.2 Å². The number of rotatable bonds is 5. The minimum absolute atomic E-state index is 0.0364. The molecule has 0 bridgehead atoms. The predicted octanol–water partition coefficient (Wildman–Crippen LogP) is 2.78. The lowest BCUT2D eigenvalue weighted by atomic mass is 10.2. The van der Waals surface area contributed by atoms with E-state index in [-0.39, 0.29) is 12.4 Å². The molecule has 0 saturated heterocycles. The maximum absolute atomic E-state index is 12.5. The number of hydrogen-bond donors (Lipinski definition) is 1. The standard InChI is InChI=1S/C11H11ClF3NO2S/c12-6-1-2-7-16-19(17,18)10-5-3-4-9(8-10)11(13,14)15/h1-5,8,16H,6-7H2/b2-1+. The molecule has 0 heterocycles. The van der Waals surface area contributed by atoms with Gasteiger partial charge in [0.05, 0.1) is 10.5 Å². The van der Waals surface area contributed by atoms with Gasteiger partial charge in [0.1, 0.15) is 0 Å². The van der Waals surface area contributed by atoms with Gasteiger partial charge in [0.2, 0.25) is 10.0 Å². The van der Waals surface area contributed by atoms with E-state index in [4.69, 9.17) is 11.6 Å². The number of alkyl halides is 4. The molecule has 1 aromatic carbocycles. The zero-order valence-corrected chi connectivity index (χ0v) is 11.2. The van der Waals surface area contributed by atoms with Crippen LogP contribution in [0.15, 0.2) is 41.3 Å². The van der Waals surface area contributed by atoms with Gasteiger partial charge in [-0.2, -0.15) is 13.2 Å². The largest absolute Gasteiger partial charge is 0.416 e. The van der Waals surface area contributed by atoms with Gasteiger partial charge in [-0.25, -0.2) is 13.1 Å². The minimum Gasteiger partial charge on any atom is -0.207 e. The van der Waals surface area contributed by atoms with Crippen LogP contribution in [0.3, 0.4) is 0 Å². The van der Waals surface area contributed by atoms with Crippen LogP contribution >= 0.6 is 11.6 Å². The van der Waals surface area contributed by atoms with Crippen molar-refractivity contribution in [2.75, 3.05) is 12.4 Å². The van der Waals surface area contributed by atoms with Crippen LogP contribution in [0.5, 0.6) is 0 Å². The van der Waals surface area contributed by atoms with Crippen molar-refractivity contribution >= 4 is 21.6 Å². The van der Waals surface area contributed by atoms with E-state index in [0.29, 0.717) is 6.07 Å². The highest BCUT2D eigenvalue weighted by Crippen LogP contribution is 2.30. The molecule has 0 amide bonds. The van der Waals surface area contributed by atoms with E-state index in [1.54, 1.807) is 0 Å². The minimum atomic E-state index is -4.58. The summed E-state index contributed by atoms with van der Waals surface area (Å²) in [5, 5.41) is 0. The second-order valence-electron chi connectivity index (χ2n) is 3.50. The second kappa shape index (κ2) is 6.40. The van der Waals surface area contributed by atoms with Crippen molar-refractivity contribution in [1.29, 1.82) is 0 Å². The highest BCUT2D eigenvalue weighted by atomic mass is 35.5. The van der Waals surface area contributed by atoms with Crippen LogP contribution in [0.2, 0.25) is 0 Å². The Bertz CT molecular complexity index is 555. The molecule has 1 N–H and O–H groups in total. The van der Waals surface area contributed by atoms with Gasteiger partial charge in [-0.05, 0) is 18.2 Å². The Balaban J connectivity index is 2.93. The molecule has 19 heavy (non-hydrogen) atoms. The zero-order valence-electron chi connectivity index (χ0n) is 9.61. The molecule has 0 aromatic heterocycles. The van der Waals surface area contributed by atoms with Gasteiger partial charge in [0, 0.05) is 12.4 Å². The molecule has 0 fully saturated rings. The molecular formula is C11H11ClF3NO2S. The Hall–Kier alpha value is -1.05. The quantitative estimate of drug-likeness (QED) is 0.671. The van der Waals surface area contributed by atoms with Crippen LogP contribution < -0.4 is 4.72 Å². The lowest BCUT2D eigenvalue weighted by Crippen LogP contribution is -2.24. The molecular weight excluding hydrogens is 303 g/mol. The first-order valence-electron chi connectivity index (χ1n) is 5.15. The van der Waals surface area contributed by atoms with Gasteiger partial charge in [-0.3, -0.25) is 0 Å². The summed E-state index contributed by atoms with van der Waals surface area (Å²) >= 11 is 5.35. The number of benzene rings is 1. The van der Waals surface area contributed by atoms with E-state index in [1.807, 2.05) is 0 Å². The van der Waals surface area contributed by atoms with Gasteiger partial charge >= 0.3 is 6.18 Å². The summed E-state index contributed by atoms with van der Waals surface area (Å²) in [6, 6.07) is 3.55. The molecule has 0 atom stereocenters. The van der Waals surface area contributed by atoms with Crippen molar-refractivity contribution < 1.29 is 21.6 Å². The third kappa shape index (κ3) is 4.85. The maximum atomic E-state index is 12.5. The number of halogens is 4. The second-order valence-corrected chi connectivity index (χ2v) is 5.58. The van der Waals surface area contributed by atoms with Crippen LogP contribution in [0.1, 0.15) is 5.56 Å². The molecule has 0 saturated carbocycles. The Kier molecular flexibility index (Phi) is 5.39. The Labute approximate surface area is 114 Å². The fraction of sp³-hybridized carbons (Fsp3) is 0.273. The fourth-order valence-electron chi connectivity index (χ4n) is 1.23. The SMILES string of the molecule is O=S(=O)(NC/C=C/CCl)c1cccc(C(F)(F)F)c1. The summed E-state index contributed by atoms with van der Waals surface area (Å²) in [7, 11) is -3.97. The molecule has 0 radical (unpaired) electrons. The van der Waals surface area contributed by atoms with E-state index < -0.39 is 26.7 Å². The normalized spacial score (nSPS) is 13.1. The van der Waals surface area contributed by atoms with Gasteiger partial charge in [0.25, 0.3) is 0 Å². The van der Waals surface area contributed by atoms with Crippen LogP contribution in [-0.4, -0.2) is 20.8 Å². The Morgan fingerprint density at radius 2 is 1.95 bits per heavy atom. The van der Waals surface area contributed by atoms with Crippen molar-refractivity contribution in [1.82, 2.24) is 4.72 Å². The maximum Gasteiger partial charge on any atom is 0.416 e. The first kappa shape index (κ1) is 16.0. The van der Waals surface area contributed by atoms with E-state index in [1.165, 1.54) is 12.2 Å². The van der Waals surface area contributed by atoms with E-state index in [2.05, 4.69) is 4.72 Å². The summed E-state index contributed by atoms with van der Waals surface area (Å²) < 4.78 is 63.0. The molecule has 0 unspecified atom stereocenters. The molecule has 106 valence electrons. The fourth-order valence-corrected chi connectivity index (χ4v) is 2.38. The lowest BCUT2D eigenvalue weighted by molar-refractivity contribution is -0.137. The smallest absolute Gasteiger partial charge is 0.207 e. The van der Waals surface area contributed by atoms with Crippen molar-refractivity contribution in [3.8, 4) is 0 Å². The van der Waals surface area contributed by atoms with Gasteiger partial charge in [-0.1, -0.05) is 18.2 Å². The topological polar surface area (TPSA) is 46.2 Å². The van der Waals surface area contributed by atoms with Crippen molar-refractivity contribution in [2.45, 2.75) is 11.1 Å².